The number of hydrogen-bond acceptors (Lipinski definition) is 5. The Morgan fingerprint density at radius 1 is 1.26 bits per heavy atom. The van der Waals surface area contributed by atoms with E-state index in [-0.39, 0.29) is 6.61 Å². The molecule has 5 heteroatoms. The number of rotatable bonds is 6. The zero-order valence-electron chi connectivity index (χ0n) is 11.3. The molecule has 2 rings (SSSR count). The van der Waals surface area contributed by atoms with E-state index in [2.05, 4.69) is 29.2 Å². The van der Waals surface area contributed by atoms with Gasteiger partial charge in [0, 0.05) is 12.1 Å². The van der Waals surface area contributed by atoms with Gasteiger partial charge in [-0.3, -0.25) is 4.90 Å². The fourth-order valence-electron chi connectivity index (χ4n) is 1.81. The SMILES string of the molecule is CCc1ccc(-c2noc(CN(C)CCO)n2)cc1. The zero-order chi connectivity index (χ0) is 13.7. The minimum Gasteiger partial charge on any atom is -0.395 e. The van der Waals surface area contributed by atoms with Crippen molar-refractivity contribution in [2.45, 2.75) is 19.9 Å². The molecule has 5 nitrogen and oxygen atoms in total. The molecule has 0 bridgehead atoms. The number of benzene rings is 1. The number of hydrogen-bond donors (Lipinski definition) is 1. The second kappa shape index (κ2) is 6.45. The molecule has 0 aliphatic rings. The Morgan fingerprint density at radius 2 is 2.00 bits per heavy atom. The van der Waals surface area contributed by atoms with Crippen molar-refractivity contribution in [1.29, 1.82) is 0 Å². The van der Waals surface area contributed by atoms with Crippen molar-refractivity contribution in [3.8, 4) is 11.4 Å². The number of aryl methyl sites for hydroxylation is 1. The fraction of sp³-hybridized carbons (Fsp3) is 0.429. The van der Waals surface area contributed by atoms with Crippen molar-refractivity contribution in [3.05, 3.63) is 35.7 Å². The molecule has 1 heterocycles. The van der Waals surface area contributed by atoms with Gasteiger partial charge in [-0.2, -0.15) is 4.98 Å². The Balaban J connectivity index is 2.07. The van der Waals surface area contributed by atoms with Crippen molar-refractivity contribution in [2.24, 2.45) is 0 Å². The number of aliphatic hydroxyl groups excluding tert-OH is 1. The van der Waals surface area contributed by atoms with Gasteiger partial charge in [-0.15, -0.1) is 0 Å². The minimum atomic E-state index is 0.121. The first-order valence-corrected chi connectivity index (χ1v) is 6.44. The molecule has 0 saturated heterocycles. The van der Waals surface area contributed by atoms with Crippen LogP contribution in [0.3, 0.4) is 0 Å². The lowest BCUT2D eigenvalue weighted by Gasteiger charge is -2.10. The average Bonchev–Trinajstić information content (AvgIpc) is 2.87. The number of aromatic nitrogens is 2. The van der Waals surface area contributed by atoms with E-state index in [0.29, 0.717) is 24.8 Å². The molecule has 1 aromatic heterocycles. The lowest BCUT2D eigenvalue weighted by Crippen LogP contribution is -2.21. The van der Waals surface area contributed by atoms with E-state index in [1.165, 1.54) is 5.56 Å². The summed E-state index contributed by atoms with van der Waals surface area (Å²) < 4.78 is 5.21. The standard InChI is InChI=1S/C14H19N3O2/c1-3-11-4-6-12(7-5-11)14-15-13(19-16-14)10-17(2)8-9-18/h4-7,18H,3,8-10H2,1-2H3. The Hall–Kier alpha value is -1.72. The Bertz CT molecular complexity index is 508. The van der Waals surface area contributed by atoms with E-state index in [1.807, 2.05) is 24.1 Å². The molecular formula is C14H19N3O2. The molecule has 0 amide bonds. The highest BCUT2D eigenvalue weighted by Crippen LogP contribution is 2.17. The van der Waals surface area contributed by atoms with E-state index in [4.69, 9.17) is 9.63 Å². The smallest absolute Gasteiger partial charge is 0.241 e. The van der Waals surface area contributed by atoms with E-state index in [1.54, 1.807) is 0 Å². The van der Waals surface area contributed by atoms with Crippen LogP contribution in [0.25, 0.3) is 11.4 Å². The molecule has 19 heavy (non-hydrogen) atoms. The molecule has 0 aliphatic heterocycles. The molecule has 0 radical (unpaired) electrons. The van der Waals surface area contributed by atoms with Gasteiger partial charge in [0.2, 0.25) is 11.7 Å². The third-order valence-corrected chi connectivity index (χ3v) is 2.98. The van der Waals surface area contributed by atoms with E-state index >= 15 is 0 Å². The molecule has 1 N–H and O–H groups in total. The summed E-state index contributed by atoms with van der Waals surface area (Å²) in [6, 6.07) is 8.16. The molecule has 1 aromatic carbocycles. The summed E-state index contributed by atoms with van der Waals surface area (Å²) in [7, 11) is 1.90. The summed E-state index contributed by atoms with van der Waals surface area (Å²) >= 11 is 0. The summed E-state index contributed by atoms with van der Waals surface area (Å²) in [5.41, 5.74) is 2.24. The maximum atomic E-state index is 8.84. The Kier molecular flexibility index (Phi) is 4.65. The highest BCUT2D eigenvalue weighted by atomic mass is 16.5. The summed E-state index contributed by atoms with van der Waals surface area (Å²) in [4.78, 5) is 6.29. The minimum absolute atomic E-state index is 0.121. The van der Waals surface area contributed by atoms with Gasteiger partial charge in [0.15, 0.2) is 0 Å². The van der Waals surface area contributed by atoms with Gasteiger partial charge in [-0.05, 0) is 19.0 Å². The lowest BCUT2D eigenvalue weighted by molar-refractivity contribution is 0.200. The Morgan fingerprint density at radius 3 is 2.63 bits per heavy atom. The van der Waals surface area contributed by atoms with E-state index < -0.39 is 0 Å². The largest absolute Gasteiger partial charge is 0.395 e. The van der Waals surface area contributed by atoms with Gasteiger partial charge in [0.25, 0.3) is 0 Å². The molecule has 2 aromatic rings. The average molecular weight is 261 g/mol. The predicted molar refractivity (Wildman–Crippen MR) is 72.5 cm³/mol. The summed E-state index contributed by atoms with van der Waals surface area (Å²) in [5, 5.41) is 12.8. The third-order valence-electron chi connectivity index (χ3n) is 2.98. The summed E-state index contributed by atoms with van der Waals surface area (Å²) in [5.74, 6) is 1.17. The highest BCUT2D eigenvalue weighted by Gasteiger charge is 2.10. The third kappa shape index (κ3) is 3.62. The van der Waals surface area contributed by atoms with Gasteiger partial charge in [-0.1, -0.05) is 36.3 Å². The maximum Gasteiger partial charge on any atom is 0.241 e. The Labute approximate surface area is 112 Å². The second-order valence-corrected chi connectivity index (χ2v) is 4.52. The number of nitrogens with zero attached hydrogens (tertiary/aromatic N) is 3. The van der Waals surface area contributed by atoms with Gasteiger partial charge >= 0.3 is 0 Å². The molecule has 0 aliphatic carbocycles. The highest BCUT2D eigenvalue weighted by molar-refractivity contribution is 5.54. The fourth-order valence-corrected chi connectivity index (χ4v) is 1.81. The topological polar surface area (TPSA) is 62.4 Å². The molecule has 0 spiro atoms. The van der Waals surface area contributed by atoms with Crippen LogP contribution in [0.2, 0.25) is 0 Å². The van der Waals surface area contributed by atoms with Crippen LogP contribution in [0.5, 0.6) is 0 Å². The first kappa shape index (κ1) is 13.7. The van der Waals surface area contributed by atoms with Crippen LogP contribution < -0.4 is 0 Å². The van der Waals surface area contributed by atoms with Crippen LogP contribution >= 0.6 is 0 Å². The summed E-state index contributed by atoms with van der Waals surface area (Å²) in [6.07, 6.45) is 1.02. The number of likely N-dealkylation sites (N-methyl/N-ethyl adjacent to an activating group) is 1. The van der Waals surface area contributed by atoms with Crippen LogP contribution in [0.4, 0.5) is 0 Å². The molecule has 0 unspecified atom stereocenters. The second-order valence-electron chi connectivity index (χ2n) is 4.52. The molecule has 0 fully saturated rings. The quantitative estimate of drug-likeness (QED) is 0.858. The summed E-state index contributed by atoms with van der Waals surface area (Å²) in [6.45, 7) is 3.37. The number of aliphatic hydroxyl groups is 1. The normalized spacial score (nSPS) is 11.2. The van der Waals surface area contributed by atoms with Crippen molar-refractivity contribution < 1.29 is 9.63 Å². The predicted octanol–water partition coefficient (Wildman–Crippen LogP) is 1.72. The van der Waals surface area contributed by atoms with E-state index in [0.717, 1.165) is 12.0 Å². The van der Waals surface area contributed by atoms with E-state index in [9.17, 15) is 0 Å². The maximum absolute atomic E-state index is 8.84. The monoisotopic (exact) mass is 261 g/mol. The van der Waals surface area contributed by atoms with Gasteiger partial charge in [0.05, 0.1) is 13.2 Å². The molecule has 102 valence electrons. The van der Waals surface area contributed by atoms with Gasteiger partial charge in [0.1, 0.15) is 0 Å². The lowest BCUT2D eigenvalue weighted by atomic mass is 10.1. The van der Waals surface area contributed by atoms with Crippen molar-refractivity contribution in [3.63, 3.8) is 0 Å². The first-order valence-electron chi connectivity index (χ1n) is 6.44. The zero-order valence-corrected chi connectivity index (χ0v) is 11.3. The van der Waals surface area contributed by atoms with Crippen LogP contribution in [-0.4, -0.2) is 40.3 Å². The van der Waals surface area contributed by atoms with Crippen molar-refractivity contribution >= 4 is 0 Å². The molecule has 0 atom stereocenters. The van der Waals surface area contributed by atoms with Crippen LogP contribution in [-0.2, 0) is 13.0 Å². The molecule has 0 saturated carbocycles. The van der Waals surface area contributed by atoms with Gasteiger partial charge in [-0.25, -0.2) is 0 Å². The first-order chi connectivity index (χ1) is 9.22. The van der Waals surface area contributed by atoms with Crippen LogP contribution in [0, 0.1) is 0 Å². The van der Waals surface area contributed by atoms with Crippen LogP contribution in [0.1, 0.15) is 18.4 Å². The van der Waals surface area contributed by atoms with Crippen molar-refractivity contribution in [1.82, 2.24) is 15.0 Å². The van der Waals surface area contributed by atoms with Crippen molar-refractivity contribution in [2.75, 3.05) is 20.2 Å². The van der Waals surface area contributed by atoms with Crippen LogP contribution in [0.15, 0.2) is 28.8 Å². The molecular weight excluding hydrogens is 242 g/mol. The van der Waals surface area contributed by atoms with Gasteiger partial charge < -0.3 is 9.63 Å².